The van der Waals surface area contributed by atoms with Crippen LogP contribution >= 0.6 is 12.2 Å². The van der Waals surface area contributed by atoms with Crippen molar-refractivity contribution in [3.05, 3.63) is 59.3 Å². The molecule has 0 atom stereocenters. The summed E-state index contributed by atoms with van der Waals surface area (Å²) in [5.41, 5.74) is 6.91. The first-order valence-electron chi connectivity index (χ1n) is 5.85. The Morgan fingerprint density at radius 2 is 2.16 bits per heavy atom. The minimum absolute atomic E-state index is 0.203. The van der Waals surface area contributed by atoms with Crippen molar-refractivity contribution >= 4 is 17.2 Å². The van der Waals surface area contributed by atoms with Crippen LogP contribution in [0.1, 0.15) is 16.9 Å². The van der Waals surface area contributed by atoms with Gasteiger partial charge >= 0.3 is 0 Å². The van der Waals surface area contributed by atoms with E-state index in [9.17, 15) is 4.39 Å². The molecule has 0 aliphatic carbocycles. The van der Waals surface area contributed by atoms with Crippen molar-refractivity contribution in [2.45, 2.75) is 13.1 Å². The van der Waals surface area contributed by atoms with Crippen molar-refractivity contribution in [2.24, 2.45) is 5.73 Å². The van der Waals surface area contributed by atoms with E-state index in [1.54, 1.807) is 6.26 Å². The second-order valence-corrected chi connectivity index (χ2v) is 4.90. The second-order valence-electron chi connectivity index (χ2n) is 4.46. The largest absolute Gasteiger partial charge is 0.468 e. The fourth-order valence-corrected chi connectivity index (χ4v) is 2.04. The van der Waals surface area contributed by atoms with Crippen LogP contribution in [0.15, 0.2) is 41.0 Å². The molecule has 1 aromatic carbocycles. The molecule has 0 radical (unpaired) electrons. The smallest absolute Gasteiger partial charge is 0.124 e. The van der Waals surface area contributed by atoms with E-state index in [0.29, 0.717) is 18.7 Å². The predicted octanol–water partition coefficient (Wildman–Crippen LogP) is 2.68. The Balaban J connectivity index is 2.08. The molecule has 5 heteroatoms. The number of hydrogen-bond acceptors (Lipinski definition) is 3. The van der Waals surface area contributed by atoms with Gasteiger partial charge in [-0.1, -0.05) is 12.2 Å². The van der Waals surface area contributed by atoms with E-state index in [2.05, 4.69) is 0 Å². The lowest BCUT2D eigenvalue weighted by Gasteiger charge is -2.15. The van der Waals surface area contributed by atoms with E-state index in [0.717, 1.165) is 11.3 Å². The monoisotopic (exact) mass is 278 g/mol. The first kappa shape index (κ1) is 13.7. The number of nitrogens with zero attached hydrogens (tertiary/aromatic N) is 1. The van der Waals surface area contributed by atoms with Gasteiger partial charge in [-0.15, -0.1) is 0 Å². The molecule has 2 rings (SSSR count). The topological polar surface area (TPSA) is 42.4 Å². The van der Waals surface area contributed by atoms with Crippen molar-refractivity contribution in [1.29, 1.82) is 0 Å². The van der Waals surface area contributed by atoms with E-state index < -0.39 is 0 Å². The normalized spacial score (nSPS) is 10.9. The van der Waals surface area contributed by atoms with Gasteiger partial charge in [-0.25, -0.2) is 4.39 Å². The van der Waals surface area contributed by atoms with Gasteiger partial charge in [0.1, 0.15) is 16.6 Å². The maximum atomic E-state index is 13.5. The van der Waals surface area contributed by atoms with Gasteiger partial charge in [0.2, 0.25) is 0 Å². The summed E-state index contributed by atoms with van der Waals surface area (Å²) in [5, 5.41) is 0. The van der Waals surface area contributed by atoms with Crippen LogP contribution in [0.3, 0.4) is 0 Å². The summed E-state index contributed by atoms with van der Waals surface area (Å²) >= 11 is 4.87. The van der Waals surface area contributed by atoms with Gasteiger partial charge in [-0.2, -0.15) is 0 Å². The molecule has 2 aromatic rings. The van der Waals surface area contributed by atoms with Crippen molar-refractivity contribution in [1.82, 2.24) is 4.90 Å². The Morgan fingerprint density at radius 3 is 2.79 bits per heavy atom. The highest BCUT2D eigenvalue weighted by Crippen LogP contribution is 2.13. The van der Waals surface area contributed by atoms with Crippen molar-refractivity contribution in [3.63, 3.8) is 0 Å². The number of thiocarbonyl (C=S) groups is 1. The minimum atomic E-state index is -0.327. The van der Waals surface area contributed by atoms with Gasteiger partial charge in [-0.05, 0) is 42.9 Å². The molecule has 0 aliphatic heterocycles. The Bertz CT molecular complexity index is 569. The molecule has 0 spiro atoms. The lowest BCUT2D eigenvalue weighted by molar-refractivity contribution is 0.287. The van der Waals surface area contributed by atoms with Gasteiger partial charge in [0, 0.05) is 12.1 Å². The summed E-state index contributed by atoms with van der Waals surface area (Å²) in [5.74, 6) is 0.542. The molecule has 19 heavy (non-hydrogen) atoms. The molecule has 0 saturated carbocycles. The van der Waals surface area contributed by atoms with Gasteiger partial charge in [0.15, 0.2) is 0 Å². The van der Waals surface area contributed by atoms with Crippen LogP contribution in [-0.2, 0) is 13.1 Å². The standard InChI is InChI=1S/C14H15FN2OS/c1-17(9-13-3-2-4-18-13)8-10-5-11(14(16)19)7-12(15)6-10/h2-7H,8-9H2,1H3,(H2,16,19). The zero-order valence-electron chi connectivity index (χ0n) is 10.6. The van der Waals surface area contributed by atoms with Gasteiger partial charge < -0.3 is 10.2 Å². The molecule has 3 nitrogen and oxygen atoms in total. The zero-order chi connectivity index (χ0) is 13.8. The van der Waals surface area contributed by atoms with Crippen LogP contribution < -0.4 is 5.73 Å². The number of nitrogens with two attached hydrogens (primary N) is 1. The van der Waals surface area contributed by atoms with E-state index in [-0.39, 0.29) is 10.8 Å². The first-order chi connectivity index (χ1) is 9.04. The number of rotatable bonds is 5. The highest BCUT2D eigenvalue weighted by Gasteiger charge is 2.07. The Morgan fingerprint density at radius 1 is 1.37 bits per heavy atom. The third-order valence-electron chi connectivity index (χ3n) is 2.70. The number of furan rings is 1. The summed E-state index contributed by atoms with van der Waals surface area (Å²) in [6.45, 7) is 1.25. The average molecular weight is 278 g/mol. The molecule has 1 aromatic heterocycles. The van der Waals surface area contributed by atoms with Crippen LogP contribution in [0, 0.1) is 5.82 Å². The summed E-state index contributed by atoms with van der Waals surface area (Å²) < 4.78 is 18.7. The molecule has 2 N–H and O–H groups in total. The predicted molar refractivity (Wildman–Crippen MR) is 76.2 cm³/mol. The maximum Gasteiger partial charge on any atom is 0.124 e. The fraction of sp³-hybridized carbons (Fsp3) is 0.214. The van der Waals surface area contributed by atoms with E-state index in [1.165, 1.54) is 12.1 Å². The highest BCUT2D eigenvalue weighted by molar-refractivity contribution is 7.80. The molecule has 1 heterocycles. The molecule has 0 amide bonds. The average Bonchev–Trinajstić information content (AvgIpc) is 2.80. The van der Waals surface area contributed by atoms with E-state index >= 15 is 0 Å². The Kier molecular flexibility index (Phi) is 4.29. The van der Waals surface area contributed by atoms with E-state index in [4.69, 9.17) is 22.4 Å². The van der Waals surface area contributed by atoms with Crippen LogP contribution in [0.2, 0.25) is 0 Å². The lowest BCUT2D eigenvalue weighted by atomic mass is 10.1. The van der Waals surface area contributed by atoms with Crippen molar-refractivity contribution in [3.8, 4) is 0 Å². The third kappa shape index (κ3) is 3.87. The quantitative estimate of drug-likeness (QED) is 0.854. The molecule has 0 fully saturated rings. The lowest BCUT2D eigenvalue weighted by Crippen LogP contribution is -2.18. The molecule has 0 saturated heterocycles. The fourth-order valence-electron chi connectivity index (χ4n) is 1.92. The molecule has 0 aliphatic rings. The van der Waals surface area contributed by atoms with Gasteiger partial charge in [0.05, 0.1) is 12.8 Å². The summed E-state index contributed by atoms with van der Waals surface area (Å²) in [7, 11) is 1.94. The van der Waals surface area contributed by atoms with Gasteiger partial charge in [-0.3, -0.25) is 4.90 Å². The molecular weight excluding hydrogens is 263 g/mol. The zero-order valence-corrected chi connectivity index (χ0v) is 11.4. The summed E-state index contributed by atoms with van der Waals surface area (Å²) in [6.07, 6.45) is 1.64. The van der Waals surface area contributed by atoms with Crippen LogP contribution in [0.25, 0.3) is 0 Å². The highest BCUT2D eigenvalue weighted by atomic mass is 32.1. The third-order valence-corrected chi connectivity index (χ3v) is 2.94. The number of halogens is 1. The number of hydrogen-bond donors (Lipinski definition) is 1. The first-order valence-corrected chi connectivity index (χ1v) is 6.25. The summed E-state index contributed by atoms with van der Waals surface area (Å²) in [4.78, 5) is 2.23. The minimum Gasteiger partial charge on any atom is -0.468 e. The van der Waals surface area contributed by atoms with Crippen molar-refractivity contribution in [2.75, 3.05) is 7.05 Å². The van der Waals surface area contributed by atoms with E-state index in [1.807, 2.05) is 30.1 Å². The SMILES string of the molecule is CN(Cc1cc(F)cc(C(N)=S)c1)Cc1ccco1. The molecule has 0 bridgehead atoms. The van der Waals surface area contributed by atoms with Crippen LogP contribution in [0.5, 0.6) is 0 Å². The molecular formula is C14H15FN2OS. The van der Waals surface area contributed by atoms with Crippen LogP contribution in [-0.4, -0.2) is 16.9 Å². The maximum absolute atomic E-state index is 13.5. The number of benzene rings is 1. The van der Waals surface area contributed by atoms with Crippen LogP contribution in [0.4, 0.5) is 4.39 Å². The Labute approximate surface area is 116 Å². The summed E-state index contributed by atoms with van der Waals surface area (Å²) in [6, 6.07) is 8.39. The molecule has 0 unspecified atom stereocenters. The van der Waals surface area contributed by atoms with Crippen molar-refractivity contribution < 1.29 is 8.81 Å². The van der Waals surface area contributed by atoms with Gasteiger partial charge in [0.25, 0.3) is 0 Å². The Hall–Kier alpha value is -1.72. The second kappa shape index (κ2) is 5.95. The molecule has 100 valence electrons.